The van der Waals surface area contributed by atoms with E-state index in [4.69, 9.17) is 0 Å². The van der Waals surface area contributed by atoms with Gasteiger partial charge >= 0.3 is 0 Å². The first kappa shape index (κ1) is 8.96. The molecular weight excluding hydrogens is 203 g/mol. The largest absolute Gasteiger partial charge is 0.297 e. The number of rotatable bonds is 2. The molecule has 0 atom stereocenters. The molecule has 0 bridgehead atoms. The lowest BCUT2D eigenvalue weighted by Gasteiger charge is -1.92. The number of aldehydes is 1. The summed E-state index contributed by atoms with van der Waals surface area (Å²) < 4.78 is 12.5. The van der Waals surface area contributed by atoms with Gasteiger partial charge < -0.3 is 0 Å². The van der Waals surface area contributed by atoms with Crippen molar-refractivity contribution in [3.63, 3.8) is 0 Å². The van der Waals surface area contributed by atoms with Crippen LogP contribution in [-0.4, -0.2) is 16.3 Å². The van der Waals surface area contributed by atoms with Gasteiger partial charge in [0.15, 0.2) is 6.29 Å². The van der Waals surface area contributed by atoms with Crippen LogP contribution in [0.3, 0.4) is 0 Å². The van der Waals surface area contributed by atoms with E-state index < -0.39 is 0 Å². The van der Waals surface area contributed by atoms with E-state index in [1.54, 1.807) is 0 Å². The van der Waals surface area contributed by atoms with Crippen molar-refractivity contribution in [3.8, 4) is 10.7 Å². The number of carbonyl (C=O) groups excluding carboxylic acids is 1. The summed E-state index contributed by atoms with van der Waals surface area (Å²) in [6.45, 7) is 0. The average molecular weight is 208 g/mol. The minimum absolute atomic E-state index is 0.388. The second kappa shape index (κ2) is 3.63. The Morgan fingerprint density at radius 2 is 2.14 bits per heavy atom. The van der Waals surface area contributed by atoms with E-state index in [1.165, 1.54) is 29.7 Å². The van der Waals surface area contributed by atoms with Gasteiger partial charge in [0.2, 0.25) is 0 Å². The lowest BCUT2D eigenvalue weighted by molar-refractivity contribution is 0.112. The first-order valence-corrected chi connectivity index (χ1v) is 4.64. The molecule has 0 spiro atoms. The molecule has 2 rings (SSSR count). The molecule has 0 amide bonds. The highest BCUT2D eigenvalue weighted by atomic mass is 32.1. The molecule has 0 aliphatic carbocycles. The quantitative estimate of drug-likeness (QED) is 0.710. The maximum Gasteiger partial charge on any atom is 0.161 e. The summed E-state index contributed by atoms with van der Waals surface area (Å²) >= 11 is 1.23. The third-order valence-electron chi connectivity index (χ3n) is 1.59. The van der Waals surface area contributed by atoms with Gasteiger partial charge in [-0.05, 0) is 12.1 Å². The van der Waals surface area contributed by atoms with Crippen molar-refractivity contribution in [2.24, 2.45) is 0 Å². The fourth-order valence-electron chi connectivity index (χ4n) is 0.962. The molecule has 0 radical (unpaired) electrons. The molecule has 2 aromatic heterocycles. The number of carbonyl (C=O) groups is 1. The summed E-state index contributed by atoms with van der Waals surface area (Å²) in [5.41, 5.74) is 0.574. The summed E-state index contributed by atoms with van der Waals surface area (Å²) in [7, 11) is 0. The Kier molecular flexibility index (Phi) is 2.32. The Hall–Kier alpha value is -1.62. The van der Waals surface area contributed by atoms with E-state index in [2.05, 4.69) is 9.97 Å². The molecule has 0 N–H and O–H groups in total. The van der Waals surface area contributed by atoms with Crippen LogP contribution in [0.2, 0.25) is 0 Å². The normalized spacial score (nSPS) is 10.1. The van der Waals surface area contributed by atoms with Crippen molar-refractivity contribution in [2.75, 3.05) is 0 Å². The van der Waals surface area contributed by atoms with Crippen molar-refractivity contribution in [1.82, 2.24) is 9.97 Å². The molecule has 2 heterocycles. The van der Waals surface area contributed by atoms with E-state index in [0.29, 0.717) is 15.6 Å². The number of hydrogen-bond donors (Lipinski definition) is 0. The van der Waals surface area contributed by atoms with Crippen molar-refractivity contribution in [2.45, 2.75) is 0 Å². The third-order valence-corrected chi connectivity index (χ3v) is 2.53. The van der Waals surface area contributed by atoms with E-state index in [9.17, 15) is 9.18 Å². The van der Waals surface area contributed by atoms with Crippen LogP contribution in [0.4, 0.5) is 4.39 Å². The van der Waals surface area contributed by atoms with Gasteiger partial charge in [0.1, 0.15) is 10.8 Å². The second-order valence-corrected chi connectivity index (χ2v) is 3.61. The zero-order valence-electron chi connectivity index (χ0n) is 6.98. The molecule has 5 heteroatoms. The number of hydrogen-bond acceptors (Lipinski definition) is 4. The maximum atomic E-state index is 12.5. The fourth-order valence-corrected chi connectivity index (χ4v) is 1.67. The summed E-state index contributed by atoms with van der Waals surface area (Å²) in [6.07, 6.45) is 3.32. The van der Waals surface area contributed by atoms with Crippen LogP contribution in [0.25, 0.3) is 10.7 Å². The molecule has 0 saturated heterocycles. The van der Waals surface area contributed by atoms with Gasteiger partial charge in [-0.3, -0.25) is 9.78 Å². The van der Waals surface area contributed by atoms with Gasteiger partial charge in [-0.2, -0.15) is 0 Å². The molecular formula is C9H5FN2OS. The van der Waals surface area contributed by atoms with Crippen molar-refractivity contribution >= 4 is 17.6 Å². The summed E-state index contributed by atoms with van der Waals surface area (Å²) in [4.78, 5) is 18.8. The van der Waals surface area contributed by atoms with Crippen LogP contribution >= 0.6 is 11.3 Å². The Bertz CT molecular complexity index is 452. The second-order valence-electron chi connectivity index (χ2n) is 2.55. The molecule has 2 aromatic rings. The highest BCUT2D eigenvalue weighted by Gasteiger charge is 2.04. The predicted octanol–water partition coefficient (Wildman–Crippen LogP) is 2.16. The van der Waals surface area contributed by atoms with Crippen molar-refractivity contribution in [3.05, 3.63) is 35.2 Å². The number of nitrogens with zero attached hydrogens (tertiary/aromatic N) is 2. The molecule has 0 aliphatic heterocycles. The van der Waals surface area contributed by atoms with Gasteiger partial charge in [0.05, 0.1) is 16.8 Å². The average Bonchev–Trinajstić information content (AvgIpc) is 2.67. The number of halogens is 1. The lowest BCUT2D eigenvalue weighted by Crippen LogP contribution is -1.82. The minimum Gasteiger partial charge on any atom is -0.297 e. The molecule has 0 unspecified atom stereocenters. The van der Waals surface area contributed by atoms with Crippen LogP contribution in [0.5, 0.6) is 0 Å². The Morgan fingerprint density at radius 1 is 1.29 bits per heavy atom. The van der Waals surface area contributed by atoms with Crippen LogP contribution < -0.4 is 0 Å². The smallest absolute Gasteiger partial charge is 0.161 e. The summed E-state index contributed by atoms with van der Waals surface area (Å²) in [5, 5.41) is 0.618. The summed E-state index contributed by atoms with van der Waals surface area (Å²) in [5.74, 6) is -0.388. The molecule has 14 heavy (non-hydrogen) atoms. The van der Waals surface area contributed by atoms with Gasteiger partial charge in [-0.25, -0.2) is 9.37 Å². The molecule has 0 fully saturated rings. The first-order valence-electron chi connectivity index (χ1n) is 3.82. The summed E-state index contributed by atoms with van der Waals surface area (Å²) in [6, 6.07) is 2.84. The lowest BCUT2D eigenvalue weighted by atomic mass is 10.3. The Labute approximate surface area is 83.3 Å². The van der Waals surface area contributed by atoms with Crippen LogP contribution in [-0.2, 0) is 0 Å². The zero-order chi connectivity index (χ0) is 9.97. The Balaban J connectivity index is 2.39. The molecule has 70 valence electrons. The van der Waals surface area contributed by atoms with Crippen molar-refractivity contribution < 1.29 is 9.18 Å². The van der Waals surface area contributed by atoms with Crippen LogP contribution in [0.1, 0.15) is 9.67 Å². The highest BCUT2D eigenvalue weighted by molar-refractivity contribution is 7.16. The standard InChI is InChI=1S/C9H5FN2OS/c10-6-1-2-8(11-3-6)9-12-4-7(5-13)14-9/h1-5H. The minimum atomic E-state index is -0.388. The fraction of sp³-hybridized carbons (Fsp3) is 0. The number of pyridine rings is 1. The predicted molar refractivity (Wildman–Crippen MR) is 50.7 cm³/mol. The number of aromatic nitrogens is 2. The van der Waals surface area contributed by atoms with Gasteiger partial charge in [-0.1, -0.05) is 0 Å². The molecule has 3 nitrogen and oxygen atoms in total. The molecule has 0 aromatic carbocycles. The van der Waals surface area contributed by atoms with E-state index in [0.717, 1.165) is 12.5 Å². The monoisotopic (exact) mass is 208 g/mol. The van der Waals surface area contributed by atoms with Gasteiger partial charge in [0.25, 0.3) is 0 Å². The van der Waals surface area contributed by atoms with E-state index >= 15 is 0 Å². The van der Waals surface area contributed by atoms with Gasteiger partial charge in [-0.15, -0.1) is 11.3 Å². The molecule has 0 aliphatic rings. The van der Waals surface area contributed by atoms with Crippen LogP contribution in [0.15, 0.2) is 24.5 Å². The van der Waals surface area contributed by atoms with E-state index in [-0.39, 0.29) is 5.82 Å². The van der Waals surface area contributed by atoms with E-state index in [1.807, 2.05) is 0 Å². The van der Waals surface area contributed by atoms with Gasteiger partial charge in [0, 0.05) is 6.20 Å². The van der Waals surface area contributed by atoms with Crippen LogP contribution in [0, 0.1) is 5.82 Å². The molecule has 0 saturated carbocycles. The highest BCUT2D eigenvalue weighted by Crippen LogP contribution is 2.21. The topological polar surface area (TPSA) is 42.9 Å². The maximum absolute atomic E-state index is 12.5. The first-order chi connectivity index (χ1) is 6.79. The third kappa shape index (κ3) is 1.67. The number of thiazole rings is 1. The Morgan fingerprint density at radius 3 is 2.71 bits per heavy atom. The zero-order valence-corrected chi connectivity index (χ0v) is 7.79. The SMILES string of the molecule is O=Cc1cnc(-c2ccc(F)cn2)s1. The van der Waals surface area contributed by atoms with Crippen molar-refractivity contribution in [1.29, 1.82) is 0 Å².